The molecule has 0 aliphatic carbocycles. The van der Waals surface area contributed by atoms with Gasteiger partial charge < -0.3 is 34.7 Å². The Balaban J connectivity index is 1.27. The number of carbonyl (C=O) groups is 1. The van der Waals surface area contributed by atoms with Crippen molar-refractivity contribution in [3.8, 4) is 51.5 Å². The van der Waals surface area contributed by atoms with Crippen molar-refractivity contribution in [3.05, 3.63) is 96.6 Å². The number of hydrogen-bond acceptors (Lipinski definition) is 9. The first-order valence-corrected chi connectivity index (χ1v) is 14.3. The Morgan fingerprint density at radius 1 is 0.783 bits per heavy atom. The van der Waals surface area contributed by atoms with Gasteiger partial charge in [-0.3, -0.25) is 4.79 Å². The van der Waals surface area contributed by atoms with Crippen molar-refractivity contribution in [2.24, 2.45) is 0 Å². The molecular weight excluding hydrogens is 584 g/mol. The molecule has 11 heteroatoms. The molecule has 0 atom stereocenters. The zero-order valence-corrected chi connectivity index (χ0v) is 25.1. The Bertz CT molecular complexity index is 2210. The van der Waals surface area contributed by atoms with Gasteiger partial charge in [0, 0.05) is 33.0 Å². The zero-order valence-electron chi connectivity index (χ0n) is 25.1. The minimum atomic E-state index is -0.286. The Morgan fingerprint density at radius 3 is 2.20 bits per heavy atom. The topological polar surface area (TPSA) is 150 Å². The van der Waals surface area contributed by atoms with Crippen LogP contribution in [0.5, 0.6) is 17.2 Å². The third-order valence-electron chi connectivity index (χ3n) is 7.68. The van der Waals surface area contributed by atoms with Crippen LogP contribution >= 0.6 is 0 Å². The van der Waals surface area contributed by atoms with E-state index in [4.69, 9.17) is 29.3 Å². The molecule has 0 aliphatic rings. The number of nitrogens with two attached hydrogens (primary N) is 1. The number of carbonyl (C=O) groups excluding carboxylic acids is 1. The second-order valence-corrected chi connectivity index (χ2v) is 10.4. The van der Waals surface area contributed by atoms with E-state index in [0.717, 1.165) is 27.4 Å². The normalized spacial score (nSPS) is 11.1. The highest BCUT2D eigenvalue weighted by Gasteiger charge is 2.21. The van der Waals surface area contributed by atoms with E-state index in [9.17, 15) is 4.79 Å². The first-order chi connectivity index (χ1) is 22.5. The third kappa shape index (κ3) is 4.99. The molecule has 0 saturated carbocycles. The number of nitrogens with one attached hydrogen (secondary N) is 2. The Kier molecular flexibility index (Phi) is 7.18. The molecule has 0 unspecified atom stereocenters. The van der Waals surface area contributed by atoms with Gasteiger partial charge in [-0.15, -0.1) is 10.2 Å². The molecule has 228 valence electrons. The number of fused-ring (bicyclic) bond motifs is 3. The fourth-order valence-electron chi connectivity index (χ4n) is 5.39. The Labute approximate surface area is 263 Å². The van der Waals surface area contributed by atoms with Gasteiger partial charge in [0.25, 0.3) is 11.8 Å². The number of nitrogens with zero attached hydrogens (tertiary/aromatic N) is 3. The van der Waals surface area contributed by atoms with Crippen molar-refractivity contribution in [1.29, 1.82) is 0 Å². The standard InChI is InChI=1S/C35H28N6O5/c1-43-28-16-21(17-29(44-2)32(28)45-3)30-31-23(22-8-4-6-10-25(22)37-31)18-27(38-30)35-41-40-34(46-35)20-14-12-19(13-15-20)33(42)39-26-11-7-5-9-24(26)36/h4-18,37H,36H2,1-3H3,(H,39,42). The van der Waals surface area contributed by atoms with Crippen molar-refractivity contribution in [2.75, 3.05) is 32.4 Å². The number of aromatic nitrogens is 4. The second-order valence-electron chi connectivity index (χ2n) is 10.4. The van der Waals surface area contributed by atoms with Crippen LogP contribution in [-0.4, -0.2) is 47.4 Å². The molecule has 0 spiro atoms. The maximum Gasteiger partial charge on any atom is 0.266 e. The number of amides is 1. The zero-order chi connectivity index (χ0) is 31.8. The van der Waals surface area contributed by atoms with Crippen LogP contribution in [0, 0.1) is 0 Å². The Morgan fingerprint density at radius 2 is 1.48 bits per heavy atom. The lowest BCUT2D eigenvalue weighted by atomic mass is 10.1. The average molecular weight is 613 g/mol. The first kappa shape index (κ1) is 28.4. The monoisotopic (exact) mass is 612 g/mol. The largest absolute Gasteiger partial charge is 0.493 e. The predicted molar refractivity (Wildman–Crippen MR) is 176 cm³/mol. The molecule has 0 radical (unpaired) electrons. The maximum absolute atomic E-state index is 12.8. The third-order valence-corrected chi connectivity index (χ3v) is 7.68. The van der Waals surface area contributed by atoms with Crippen LogP contribution in [0.4, 0.5) is 11.4 Å². The van der Waals surface area contributed by atoms with Gasteiger partial charge in [0.1, 0.15) is 5.69 Å². The van der Waals surface area contributed by atoms with Crippen molar-refractivity contribution in [2.45, 2.75) is 0 Å². The van der Waals surface area contributed by atoms with Gasteiger partial charge >= 0.3 is 0 Å². The van der Waals surface area contributed by atoms with Crippen LogP contribution in [0.15, 0.2) is 95.4 Å². The molecule has 7 aromatic rings. The molecule has 0 bridgehead atoms. The highest BCUT2D eigenvalue weighted by atomic mass is 16.5. The van der Waals surface area contributed by atoms with E-state index >= 15 is 0 Å². The van der Waals surface area contributed by atoms with Gasteiger partial charge in [0.2, 0.25) is 11.6 Å². The molecule has 3 heterocycles. The van der Waals surface area contributed by atoms with Gasteiger partial charge in [0.05, 0.1) is 43.9 Å². The molecule has 0 fully saturated rings. The summed E-state index contributed by atoms with van der Waals surface area (Å²) >= 11 is 0. The number of hydrogen-bond donors (Lipinski definition) is 3. The molecule has 4 N–H and O–H groups in total. The van der Waals surface area contributed by atoms with Crippen LogP contribution in [0.3, 0.4) is 0 Å². The van der Waals surface area contributed by atoms with Crippen LogP contribution in [0.1, 0.15) is 10.4 Å². The lowest BCUT2D eigenvalue weighted by molar-refractivity contribution is 0.102. The summed E-state index contributed by atoms with van der Waals surface area (Å²) in [6.45, 7) is 0. The van der Waals surface area contributed by atoms with E-state index < -0.39 is 0 Å². The summed E-state index contributed by atoms with van der Waals surface area (Å²) in [6, 6.07) is 27.6. The summed E-state index contributed by atoms with van der Waals surface area (Å²) in [4.78, 5) is 21.3. The van der Waals surface area contributed by atoms with Crippen molar-refractivity contribution in [3.63, 3.8) is 0 Å². The molecule has 46 heavy (non-hydrogen) atoms. The van der Waals surface area contributed by atoms with Gasteiger partial charge in [-0.25, -0.2) is 4.98 Å². The molecule has 1 amide bonds. The van der Waals surface area contributed by atoms with Crippen molar-refractivity contribution < 1.29 is 23.4 Å². The molecule has 0 saturated heterocycles. The number of ether oxygens (including phenoxy) is 3. The summed E-state index contributed by atoms with van der Waals surface area (Å²) in [5.74, 6) is 1.70. The second kappa shape index (κ2) is 11.6. The molecule has 11 nitrogen and oxygen atoms in total. The number of para-hydroxylation sites is 3. The first-order valence-electron chi connectivity index (χ1n) is 14.3. The van der Waals surface area contributed by atoms with Crippen LogP contribution in [0.2, 0.25) is 0 Å². The lowest BCUT2D eigenvalue weighted by Gasteiger charge is -2.14. The average Bonchev–Trinajstić information content (AvgIpc) is 3.74. The summed E-state index contributed by atoms with van der Waals surface area (Å²) in [5.41, 5.74) is 11.7. The minimum absolute atomic E-state index is 0.234. The van der Waals surface area contributed by atoms with Gasteiger partial charge in [-0.1, -0.05) is 30.3 Å². The van der Waals surface area contributed by atoms with E-state index in [1.807, 2.05) is 42.5 Å². The SMILES string of the molecule is COc1cc(-c2nc(-c3nnc(-c4ccc(C(=O)Nc5ccccc5N)cc4)o3)cc3c2[nH]c2ccccc23)cc(OC)c1OC. The molecule has 7 rings (SSSR count). The quantitative estimate of drug-likeness (QED) is 0.155. The molecular formula is C35H28N6O5. The van der Waals surface area contributed by atoms with Gasteiger partial charge in [0.15, 0.2) is 11.5 Å². The fraction of sp³-hybridized carbons (Fsp3) is 0.0857. The predicted octanol–water partition coefficient (Wildman–Crippen LogP) is 6.96. The van der Waals surface area contributed by atoms with Crippen molar-refractivity contribution in [1.82, 2.24) is 20.2 Å². The van der Waals surface area contributed by atoms with Gasteiger partial charge in [-0.2, -0.15) is 0 Å². The lowest BCUT2D eigenvalue weighted by Crippen LogP contribution is -2.12. The van der Waals surface area contributed by atoms with Crippen LogP contribution in [0.25, 0.3) is 56.1 Å². The van der Waals surface area contributed by atoms with Gasteiger partial charge in [-0.05, 0) is 60.7 Å². The number of H-pyrrole nitrogens is 1. The van der Waals surface area contributed by atoms with Crippen LogP contribution < -0.4 is 25.3 Å². The highest BCUT2D eigenvalue weighted by molar-refractivity contribution is 6.12. The number of anilines is 2. The summed E-state index contributed by atoms with van der Waals surface area (Å²) in [7, 11) is 4.70. The van der Waals surface area contributed by atoms with E-state index in [1.54, 1.807) is 69.9 Å². The molecule has 3 aromatic heterocycles. The smallest absolute Gasteiger partial charge is 0.266 e. The molecule has 0 aliphatic heterocycles. The van der Waals surface area contributed by atoms with E-state index in [0.29, 0.717) is 51.1 Å². The summed E-state index contributed by atoms with van der Waals surface area (Å²) in [5, 5.41) is 13.4. The van der Waals surface area contributed by atoms with E-state index in [-0.39, 0.29) is 17.7 Å². The van der Waals surface area contributed by atoms with E-state index in [2.05, 4.69) is 20.5 Å². The Hall–Kier alpha value is -6.36. The number of aromatic amines is 1. The molecule has 4 aromatic carbocycles. The summed E-state index contributed by atoms with van der Waals surface area (Å²) in [6.07, 6.45) is 0. The number of nitrogen functional groups attached to an aromatic ring is 1. The summed E-state index contributed by atoms with van der Waals surface area (Å²) < 4.78 is 22.9. The highest BCUT2D eigenvalue weighted by Crippen LogP contribution is 2.43. The number of pyridine rings is 1. The van der Waals surface area contributed by atoms with Crippen LogP contribution in [-0.2, 0) is 0 Å². The van der Waals surface area contributed by atoms with E-state index in [1.165, 1.54) is 0 Å². The number of rotatable bonds is 8. The number of methoxy groups -OCH3 is 3. The minimum Gasteiger partial charge on any atom is -0.493 e. The number of benzene rings is 4. The van der Waals surface area contributed by atoms with Crippen molar-refractivity contribution >= 4 is 39.1 Å². The fourth-order valence-corrected chi connectivity index (χ4v) is 5.39. The maximum atomic E-state index is 12.8.